The molecule has 0 radical (unpaired) electrons. The van der Waals surface area contributed by atoms with Gasteiger partial charge in [0.05, 0.1) is 11.1 Å². The summed E-state index contributed by atoms with van der Waals surface area (Å²) in [5.74, 6) is 0.382. The number of rotatable bonds is 6. The summed E-state index contributed by atoms with van der Waals surface area (Å²) in [4.78, 5) is 26.8. The van der Waals surface area contributed by atoms with Gasteiger partial charge in [-0.3, -0.25) is 4.79 Å². The molecule has 3 aromatic rings. The molecule has 1 aromatic heterocycles. The standard InChI is InChI=1S/C23H22FN3O5S/c24-16-11-14-20-22(19(16)25-4-1-5-26-6-8-33-9-7-26)32-18-10-13(28)2-3-17(18)27(20)12-15(21(14)29)23(30)31/h2-3,10-12,25,28H,1,4-9H2,(H,30,31). The van der Waals surface area contributed by atoms with Crippen molar-refractivity contribution in [1.29, 1.82) is 0 Å². The normalized spacial score (nSPS) is 15.2. The maximum atomic E-state index is 15.2. The molecule has 0 atom stereocenters. The Hall–Kier alpha value is -3.24. The number of aromatic hydroxyl groups is 1. The highest BCUT2D eigenvalue weighted by Crippen LogP contribution is 2.45. The van der Waals surface area contributed by atoms with Crippen LogP contribution in [-0.4, -0.2) is 63.3 Å². The summed E-state index contributed by atoms with van der Waals surface area (Å²) in [6.07, 6.45) is 2.01. The Kier molecular flexibility index (Phi) is 5.63. The van der Waals surface area contributed by atoms with Gasteiger partial charge in [-0.15, -0.1) is 0 Å². The van der Waals surface area contributed by atoms with E-state index in [1.807, 2.05) is 11.8 Å². The minimum absolute atomic E-state index is 0.0569. The van der Waals surface area contributed by atoms with E-state index in [0.717, 1.165) is 43.6 Å². The summed E-state index contributed by atoms with van der Waals surface area (Å²) in [5.41, 5.74) is -0.446. The lowest BCUT2D eigenvalue weighted by Crippen LogP contribution is -2.34. The summed E-state index contributed by atoms with van der Waals surface area (Å²) in [6, 6.07) is 5.41. The number of carboxylic acids is 1. The van der Waals surface area contributed by atoms with E-state index < -0.39 is 22.8 Å². The summed E-state index contributed by atoms with van der Waals surface area (Å²) in [5, 5.41) is 22.4. The molecule has 10 heteroatoms. The molecule has 0 bridgehead atoms. The van der Waals surface area contributed by atoms with Gasteiger partial charge in [0.2, 0.25) is 5.43 Å². The van der Waals surface area contributed by atoms with Gasteiger partial charge in [0.1, 0.15) is 22.5 Å². The molecule has 2 aliphatic heterocycles. The Balaban J connectivity index is 1.56. The molecule has 33 heavy (non-hydrogen) atoms. The van der Waals surface area contributed by atoms with E-state index >= 15 is 4.39 Å². The van der Waals surface area contributed by atoms with Gasteiger partial charge in [0, 0.05) is 43.4 Å². The molecule has 1 saturated heterocycles. The molecule has 3 heterocycles. The van der Waals surface area contributed by atoms with Crippen molar-refractivity contribution >= 4 is 34.3 Å². The number of fused-ring (bicyclic) bond motifs is 2. The minimum atomic E-state index is -1.40. The fourth-order valence-corrected chi connectivity index (χ4v) is 5.25. The maximum absolute atomic E-state index is 15.2. The number of pyridine rings is 1. The van der Waals surface area contributed by atoms with Gasteiger partial charge in [-0.2, -0.15) is 11.8 Å². The smallest absolute Gasteiger partial charge is 0.341 e. The van der Waals surface area contributed by atoms with Crippen LogP contribution in [0.2, 0.25) is 0 Å². The zero-order valence-electron chi connectivity index (χ0n) is 17.6. The highest BCUT2D eigenvalue weighted by molar-refractivity contribution is 7.99. The molecule has 2 aromatic carbocycles. The first-order chi connectivity index (χ1) is 15.9. The third-order valence-electron chi connectivity index (χ3n) is 5.90. The molecule has 0 aliphatic carbocycles. The molecule has 0 saturated carbocycles. The molecule has 3 N–H and O–H groups in total. The van der Waals surface area contributed by atoms with E-state index in [1.54, 1.807) is 6.07 Å². The average Bonchev–Trinajstić information content (AvgIpc) is 2.80. The molecular formula is C23H22FN3O5S. The van der Waals surface area contributed by atoms with Crippen LogP contribution in [0.15, 0.2) is 35.3 Å². The number of phenolic OH excluding ortho intramolecular Hbond substituents is 1. The summed E-state index contributed by atoms with van der Waals surface area (Å²) < 4.78 is 22.6. The van der Waals surface area contributed by atoms with Crippen LogP contribution in [0.4, 0.5) is 10.1 Å². The lowest BCUT2D eigenvalue weighted by molar-refractivity contribution is 0.0695. The van der Waals surface area contributed by atoms with Crippen LogP contribution in [0, 0.1) is 5.82 Å². The Morgan fingerprint density at radius 2 is 2.03 bits per heavy atom. The van der Waals surface area contributed by atoms with E-state index in [1.165, 1.54) is 22.9 Å². The van der Waals surface area contributed by atoms with Crippen molar-refractivity contribution in [2.24, 2.45) is 0 Å². The number of carboxylic acid groups (broad SMARTS) is 1. The van der Waals surface area contributed by atoms with E-state index in [9.17, 15) is 19.8 Å². The number of hydrogen-bond acceptors (Lipinski definition) is 7. The molecule has 172 valence electrons. The number of aromatic nitrogens is 1. The van der Waals surface area contributed by atoms with Crippen molar-refractivity contribution in [3.05, 3.63) is 52.1 Å². The van der Waals surface area contributed by atoms with Gasteiger partial charge in [-0.1, -0.05) is 0 Å². The molecule has 1 fully saturated rings. The van der Waals surface area contributed by atoms with Crippen LogP contribution in [0.1, 0.15) is 16.8 Å². The molecule has 0 unspecified atom stereocenters. The molecule has 8 nitrogen and oxygen atoms in total. The van der Waals surface area contributed by atoms with Crippen molar-refractivity contribution in [3.63, 3.8) is 0 Å². The number of nitrogens with zero attached hydrogens (tertiary/aromatic N) is 2. The number of ether oxygens (including phenoxy) is 1. The van der Waals surface area contributed by atoms with E-state index in [2.05, 4.69) is 10.2 Å². The minimum Gasteiger partial charge on any atom is -0.508 e. The monoisotopic (exact) mass is 471 g/mol. The topological polar surface area (TPSA) is 104 Å². The number of aromatic carboxylic acids is 1. The second kappa shape index (κ2) is 8.60. The SMILES string of the molecule is O=C(O)c1cn2c3c(c(NCCCN4CCSCC4)c(F)cc3c1=O)Oc1cc(O)ccc1-2. The molecular weight excluding hydrogens is 449 g/mol. The van der Waals surface area contributed by atoms with Crippen LogP contribution in [-0.2, 0) is 0 Å². The third-order valence-corrected chi connectivity index (χ3v) is 6.84. The second-order valence-corrected chi connectivity index (χ2v) is 9.22. The number of benzene rings is 2. The number of phenols is 1. The van der Waals surface area contributed by atoms with E-state index in [-0.39, 0.29) is 33.8 Å². The molecule has 0 amide bonds. The number of hydrogen-bond donors (Lipinski definition) is 3. The number of halogens is 1. The number of carbonyl (C=O) groups is 1. The Labute approximate surface area is 192 Å². The van der Waals surface area contributed by atoms with Gasteiger partial charge in [0.25, 0.3) is 0 Å². The van der Waals surface area contributed by atoms with Crippen LogP contribution in [0.5, 0.6) is 17.2 Å². The van der Waals surface area contributed by atoms with E-state index in [0.29, 0.717) is 12.2 Å². The lowest BCUT2D eigenvalue weighted by atomic mass is 10.1. The number of anilines is 1. The van der Waals surface area contributed by atoms with Gasteiger partial charge in [-0.25, -0.2) is 9.18 Å². The number of nitrogens with one attached hydrogen (secondary N) is 1. The quantitative estimate of drug-likeness (QED) is 0.367. The molecule has 0 spiro atoms. The van der Waals surface area contributed by atoms with Crippen LogP contribution < -0.4 is 15.5 Å². The predicted octanol–water partition coefficient (Wildman–Crippen LogP) is 3.49. The van der Waals surface area contributed by atoms with Gasteiger partial charge >= 0.3 is 5.97 Å². The van der Waals surface area contributed by atoms with Crippen LogP contribution in [0.25, 0.3) is 16.6 Å². The first kappa shape index (κ1) is 21.6. The zero-order valence-corrected chi connectivity index (χ0v) is 18.5. The first-order valence-corrected chi connectivity index (χ1v) is 11.8. The van der Waals surface area contributed by atoms with Crippen molar-refractivity contribution in [2.75, 3.05) is 43.0 Å². The Bertz CT molecular complexity index is 1320. The van der Waals surface area contributed by atoms with Crippen molar-refractivity contribution < 1.29 is 24.1 Å². The summed E-state index contributed by atoms with van der Waals surface area (Å²) >= 11 is 1.94. The lowest BCUT2D eigenvalue weighted by Gasteiger charge is -2.27. The Morgan fingerprint density at radius 3 is 2.79 bits per heavy atom. The van der Waals surface area contributed by atoms with Crippen molar-refractivity contribution in [2.45, 2.75) is 6.42 Å². The van der Waals surface area contributed by atoms with Gasteiger partial charge in [-0.05, 0) is 31.2 Å². The van der Waals surface area contributed by atoms with Crippen LogP contribution in [0.3, 0.4) is 0 Å². The predicted molar refractivity (Wildman–Crippen MR) is 125 cm³/mol. The van der Waals surface area contributed by atoms with Gasteiger partial charge < -0.3 is 29.7 Å². The maximum Gasteiger partial charge on any atom is 0.341 e. The average molecular weight is 472 g/mol. The van der Waals surface area contributed by atoms with Crippen LogP contribution >= 0.6 is 11.8 Å². The Morgan fingerprint density at radius 1 is 1.24 bits per heavy atom. The molecule has 5 rings (SSSR count). The molecule has 2 aliphatic rings. The van der Waals surface area contributed by atoms with Gasteiger partial charge in [0.15, 0.2) is 17.3 Å². The van der Waals surface area contributed by atoms with E-state index in [4.69, 9.17) is 4.74 Å². The summed E-state index contributed by atoms with van der Waals surface area (Å²) in [6.45, 7) is 3.47. The first-order valence-electron chi connectivity index (χ1n) is 10.6. The third kappa shape index (κ3) is 3.89. The largest absolute Gasteiger partial charge is 0.508 e. The number of thioether (sulfide) groups is 1. The fraction of sp³-hybridized carbons (Fsp3) is 0.304. The van der Waals surface area contributed by atoms with Crippen molar-refractivity contribution in [3.8, 4) is 22.9 Å². The van der Waals surface area contributed by atoms with Crippen molar-refractivity contribution in [1.82, 2.24) is 9.47 Å². The highest BCUT2D eigenvalue weighted by Gasteiger charge is 2.28. The summed E-state index contributed by atoms with van der Waals surface area (Å²) in [7, 11) is 0. The highest BCUT2D eigenvalue weighted by atomic mass is 32.2. The second-order valence-electron chi connectivity index (χ2n) is 7.99. The fourth-order valence-electron chi connectivity index (χ4n) is 4.27. The zero-order chi connectivity index (χ0) is 23.1.